The fourth-order valence-electron chi connectivity index (χ4n) is 5.02. The Morgan fingerprint density at radius 2 is 1.80 bits per heavy atom. The van der Waals surface area contributed by atoms with Crippen molar-refractivity contribution in [3.8, 4) is 11.1 Å². The molecule has 0 spiro atoms. The van der Waals surface area contributed by atoms with E-state index in [-0.39, 0.29) is 29.7 Å². The smallest absolute Gasteiger partial charge is 0.306 e. The van der Waals surface area contributed by atoms with E-state index in [4.69, 9.17) is 16.7 Å². The number of nitrogens with one attached hydrogen (secondary N) is 1. The molecule has 208 valence electrons. The van der Waals surface area contributed by atoms with Gasteiger partial charge in [-0.05, 0) is 45.0 Å². The van der Waals surface area contributed by atoms with Gasteiger partial charge in [0, 0.05) is 53.3 Å². The number of anilines is 1. The molecule has 40 heavy (non-hydrogen) atoms. The molecule has 8 nitrogen and oxygen atoms in total. The van der Waals surface area contributed by atoms with Crippen molar-refractivity contribution >= 4 is 34.2 Å². The van der Waals surface area contributed by atoms with Gasteiger partial charge in [0.2, 0.25) is 0 Å². The van der Waals surface area contributed by atoms with Gasteiger partial charge in [-0.2, -0.15) is 0 Å². The SMILES string of the molecule is CC(Nc1c(Cl)cnc2cc(F)c(-c3cnc(C(O)CN4CCC(C(=O)O)CC4)nc3)cc12)c1ccccc1F. The number of carboxylic acid groups (broad SMARTS) is 1. The second kappa shape index (κ2) is 11.8. The van der Waals surface area contributed by atoms with Gasteiger partial charge in [-0.1, -0.05) is 29.8 Å². The van der Waals surface area contributed by atoms with Crippen LogP contribution in [0.5, 0.6) is 0 Å². The molecular weight excluding hydrogens is 540 g/mol. The molecule has 4 aromatic rings. The lowest BCUT2D eigenvalue weighted by Gasteiger charge is -2.31. The van der Waals surface area contributed by atoms with Gasteiger partial charge in [-0.15, -0.1) is 0 Å². The highest BCUT2D eigenvalue weighted by Crippen LogP contribution is 2.36. The number of rotatable bonds is 8. The summed E-state index contributed by atoms with van der Waals surface area (Å²) in [7, 11) is 0. The van der Waals surface area contributed by atoms with E-state index in [1.54, 1.807) is 31.2 Å². The average Bonchev–Trinajstić information content (AvgIpc) is 2.95. The van der Waals surface area contributed by atoms with Crippen LogP contribution >= 0.6 is 11.6 Å². The fourth-order valence-corrected chi connectivity index (χ4v) is 5.22. The van der Waals surface area contributed by atoms with Crippen molar-refractivity contribution in [1.82, 2.24) is 19.9 Å². The highest BCUT2D eigenvalue weighted by Gasteiger charge is 2.26. The summed E-state index contributed by atoms with van der Waals surface area (Å²) in [5, 5.41) is 23.9. The van der Waals surface area contributed by atoms with E-state index >= 15 is 4.39 Å². The van der Waals surface area contributed by atoms with Crippen molar-refractivity contribution in [2.45, 2.75) is 31.9 Å². The van der Waals surface area contributed by atoms with E-state index in [0.717, 1.165) is 0 Å². The normalized spacial score (nSPS) is 16.1. The van der Waals surface area contributed by atoms with E-state index < -0.39 is 23.9 Å². The van der Waals surface area contributed by atoms with E-state index in [9.17, 15) is 14.3 Å². The summed E-state index contributed by atoms with van der Waals surface area (Å²) in [6, 6.07) is 8.89. The molecule has 2 aromatic heterocycles. The number of β-amino-alcohol motifs (C(OH)–C–C–N with tert-alkyl or cyclic N) is 1. The molecular formula is C29H28ClF2N5O3. The molecule has 2 aromatic carbocycles. The molecule has 3 heterocycles. The molecule has 11 heteroatoms. The van der Waals surface area contributed by atoms with Gasteiger partial charge < -0.3 is 20.4 Å². The van der Waals surface area contributed by atoms with Crippen LogP contribution in [-0.2, 0) is 4.79 Å². The number of halogens is 3. The van der Waals surface area contributed by atoms with Gasteiger partial charge in [0.15, 0.2) is 5.82 Å². The van der Waals surface area contributed by atoms with Crippen molar-refractivity contribution < 1.29 is 23.8 Å². The number of aliphatic hydroxyl groups is 1. The van der Waals surface area contributed by atoms with Gasteiger partial charge in [-0.3, -0.25) is 9.78 Å². The molecule has 2 atom stereocenters. The Balaban J connectivity index is 1.37. The van der Waals surface area contributed by atoms with E-state index in [2.05, 4.69) is 20.3 Å². The molecule has 2 unspecified atom stereocenters. The number of aliphatic hydroxyl groups excluding tert-OH is 1. The van der Waals surface area contributed by atoms with Crippen LogP contribution in [0, 0.1) is 17.6 Å². The molecule has 3 N–H and O–H groups in total. The maximum Gasteiger partial charge on any atom is 0.306 e. The lowest BCUT2D eigenvalue weighted by Crippen LogP contribution is -2.38. The second-order valence-corrected chi connectivity index (χ2v) is 10.4. The first-order valence-corrected chi connectivity index (χ1v) is 13.3. The minimum Gasteiger partial charge on any atom is -0.481 e. The summed E-state index contributed by atoms with van der Waals surface area (Å²) in [4.78, 5) is 25.9. The zero-order valence-corrected chi connectivity index (χ0v) is 22.4. The first kappa shape index (κ1) is 27.8. The molecule has 1 saturated heterocycles. The Morgan fingerprint density at radius 3 is 2.48 bits per heavy atom. The Hall–Kier alpha value is -3.73. The number of aromatic nitrogens is 3. The maximum absolute atomic E-state index is 15.2. The van der Waals surface area contributed by atoms with Crippen molar-refractivity contribution in [2.24, 2.45) is 5.92 Å². The van der Waals surface area contributed by atoms with E-state index in [1.807, 2.05) is 4.90 Å². The van der Waals surface area contributed by atoms with Gasteiger partial charge in [0.25, 0.3) is 0 Å². The number of carbonyl (C=O) groups is 1. The third-order valence-electron chi connectivity index (χ3n) is 7.29. The number of aliphatic carboxylic acids is 1. The van der Waals surface area contributed by atoms with Crippen LogP contribution in [0.2, 0.25) is 5.02 Å². The quantitative estimate of drug-likeness (QED) is 0.251. The molecule has 5 rings (SSSR count). The van der Waals surface area contributed by atoms with Crippen molar-refractivity contribution in [1.29, 1.82) is 0 Å². The summed E-state index contributed by atoms with van der Waals surface area (Å²) < 4.78 is 29.5. The van der Waals surface area contributed by atoms with Crippen molar-refractivity contribution in [2.75, 3.05) is 25.0 Å². The molecule has 1 aliphatic rings. The number of carboxylic acids is 1. The number of hydrogen-bond donors (Lipinski definition) is 3. The molecule has 0 bridgehead atoms. The highest BCUT2D eigenvalue weighted by atomic mass is 35.5. The van der Waals surface area contributed by atoms with Crippen LogP contribution in [0.15, 0.2) is 55.0 Å². The maximum atomic E-state index is 15.2. The standard InChI is InChI=1S/C29H28ClF2N5O3/c1-16(19-4-2-3-5-23(19)31)36-27-21-10-20(24(32)11-25(21)33-14-22(27)30)18-12-34-28(35-13-18)26(38)15-37-8-6-17(7-9-37)29(39)40/h2-5,10-14,16-17,26,38H,6-9,15H2,1H3,(H,33,36)(H,39,40). The molecule has 1 fully saturated rings. The lowest BCUT2D eigenvalue weighted by molar-refractivity contribution is -0.143. The third-order valence-corrected chi connectivity index (χ3v) is 7.58. The van der Waals surface area contributed by atoms with Crippen LogP contribution in [0.3, 0.4) is 0 Å². The topological polar surface area (TPSA) is 111 Å². The largest absolute Gasteiger partial charge is 0.481 e. The van der Waals surface area contributed by atoms with Crippen molar-refractivity contribution in [3.63, 3.8) is 0 Å². The van der Waals surface area contributed by atoms with Crippen LogP contribution < -0.4 is 5.32 Å². The summed E-state index contributed by atoms with van der Waals surface area (Å²) in [6.07, 6.45) is 4.38. The number of pyridine rings is 1. The fraction of sp³-hybridized carbons (Fsp3) is 0.310. The van der Waals surface area contributed by atoms with Crippen LogP contribution in [-0.4, -0.2) is 55.7 Å². The predicted molar refractivity (Wildman–Crippen MR) is 148 cm³/mol. The molecule has 1 aliphatic heterocycles. The third kappa shape index (κ3) is 5.89. The summed E-state index contributed by atoms with van der Waals surface area (Å²) in [5.41, 5.74) is 1.93. The number of piperidine rings is 1. The van der Waals surface area contributed by atoms with Gasteiger partial charge in [-0.25, -0.2) is 18.7 Å². The number of hydrogen-bond acceptors (Lipinski definition) is 7. The molecule has 0 saturated carbocycles. The summed E-state index contributed by atoms with van der Waals surface area (Å²) in [5.74, 6) is -1.84. The minimum atomic E-state index is -0.976. The molecule has 0 amide bonds. The highest BCUT2D eigenvalue weighted by molar-refractivity contribution is 6.34. The minimum absolute atomic E-state index is 0.191. The lowest BCUT2D eigenvalue weighted by atomic mass is 9.97. The Labute approximate surface area is 234 Å². The predicted octanol–water partition coefficient (Wildman–Crippen LogP) is 5.63. The monoisotopic (exact) mass is 567 g/mol. The van der Waals surface area contributed by atoms with Crippen molar-refractivity contribution in [3.05, 3.63) is 83.0 Å². The van der Waals surface area contributed by atoms with Gasteiger partial charge in [0.1, 0.15) is 17.7 Å². The zero-order valence-electron chi connectivity index (χ0n) is 21.7. The Bertz CT molecular complexity index is 1530. The van der Waals surface area contributed by atoms with E-state index in [1.165, 1.54) is 30.7 Å². The summed E-state index contributed by atoms with van der Waals surface area (Å²) >= 11 is 6.47. The number of likely N-dealkylation sites (tertiary alicyclic amines) is 1. The second-order valence-electron chi connectivity index (χ2n) is 9.98. The Kier molecular flexibility index (Phi) is 8.20. The number of benzene rings is 2. The van der Waals surface area contributed by atoms with Crippen LogP contribution in [0.4, 0.5) is 14.5 Å². The summed E-state index contributed by atoms with van der Waals surface area (Å²) in [6.45, 7) is 3.21. The first-order valence-electron chi connectivity index (χ1n) is 13.0. The van der Waals surface area contributed by atoms with Gasteiger partial charge in [0.05, 0.1) is 28.2 Å². The first-order chi connectivity index (χ1) is 19.2. The molecule has 0 radical (unpaired) electrons. The van der Waals surface area contributed by atoms with Crippen LogP contribution in [0.25, 0.3) is 22.0 Å². The Morgan fingerprint density at radius 1 is 1.10 bits per heavy atom. The molecule has 0 aliphatic carbocycles. The van der Waals surface area contributed by atoms with Crippen LogP contribution in [0.1, 0.15) is 43.3 Å². The number of fused-ring (bicyclic) bond motifs is 1. The average molecular weight is 568 g/mol. The van der Waals surface area contributed by atoms with Gasteiger partial charge >= 0.3 is 5.97 Å². The zero-order chi connectivity index (χ0) is 28.4. The van der Waals surface area contributed by atoms with E-state index in [0.29, 0.717) is 58.7 Å². The number of nitrogens with zero attached hydrogens (tertiary/aromatic N) is 4.